The zero-order chi connectivity index (χ0) is 8.27. The summed E-state index contributed by atoms with van der Waals surface area (Å²) in [4.78, 5) is 10.9. The second kappa shape index (κ2) is 5.32. The van der Waals surface area contributed by atoms with Crippen molar-refractivity contribution in [3.05, 3.63) is 0 Å². The minimum absolute atomic E-state index is 0. The predicted octanol–water partition coefficient (Wildman–Crippen LogP) is 0.529. The molecule has 1 aliphatic heterocycles. The van der Waals surface area contributed by atoms with Crippen LogP contribution in [0.15, 0.2) is 0 Å². The van der Waals surface area contributed by atoms with Crippen molar-refractivity contribution in [3.63, 3.8) is 0 Å². The zero-order valence-electron chi connectivity index (χ0n) is 6.88. The van der Waals surface area contributed by atoms with Crippen LogP contribution in [0, 0.1) is 5.92 Å². The molecular formula is C7H13ClFNO2. The average Bonchev–Trinajstić information content (AvgIpc) is 2.04. The number of esters is 1. The molecule has 1 fully saturated rings. The van der Waals surface area contributed by atoms with Crippen LogP contribution in [-0.2, 0) is 9.53 Å². The van der Waals surface area contributed by atoms with Gasteiger partial charge in [-0.1, -0.05) is 0 Å². The fraction of sp³-hybridized carbons (Fsp3) is 0.857. The summed E-state index contributed by atoms with van der Waals surface area (Å²) < 4.78 is 17.4. The SMILES string of the molecule is COC(=O)[C@@H]1CCNC[C@H]1F.Cl. The van der Waals surface area contributed by atoms with Gasteiger partial charge in [0.25, 0.3) is 0 Å². The maximum absolute atomic E-state index is 12.9. The molecule has 0 radical (unpaired) electrons. The van der Waals surface area contributed by atoms with E-state index in [1.165, 1.54) is 7.11 Å². The molecule has 0 aromatic heterocycles. The second-order valence-electron chi connectivity index (χ2n) is 2.64. The van der Waals surface area contributed by atoms with E-state index in [2.05, 4.69) is 10.1 Å². The molecular weight excluding hydrogens is 185 g/mol. The normalized spacial score (nSPS) is 28.8. The Hall–Kier alpha value is -0.350. The summed E-state index contributed by atoms with van der Waals surface area (Å²) in [7, 11) is 1.29. The van der Waals surface area contributed by atoms with Crippen molar-refractivity contribution < 1.29 is 13.9 Å². The van der Waals surface area contributed by atoms with E-state index >= 15 is 0 Å². The molecule has 0 amide bonds. The number of alkyl halides is 1. The number of rotatable bonds is 1. The number of methoxy groups -OCH3 is 1. The van der Waals surface area contributed by atoms with Gasteiger partial charge in [0.15, 0.2) is 0 Å². The Labute approximate surface area is 77.1 Å². The van der Waals surface area contributed by atoms with Gasteiger partial charge in [-0.25, -0.2) is 4.39 Å². The molecule has 1 saturated heterocycles. The maximum atomic E-state index is 12.9. The molecule has 3 nitrogen and oxygen atoms in total. The van der Waals surface area contributed by atoms with Crippen LogP contribution < -0.4 is 5.32 Å². The van der Waals surface area contributed by atoms with Gasteiger partial charge < -0.3 is 10.1 Å². The Morgan fingerprint density at radius 3 is 2.83 bits per heavy atom. The molecule has 0 aliphatic carbocycles. The van der Waals surface area contributed by atoms with Crippen molar-refractivity contribution in [1.82, 2.24) is 5.32 Å². The molecule has 0 spiro atoms. The molecule has 2 atom stereocenters. The lowest BCUT2D eigenvalue weighted by atomic mass is 9.97. The first-order valence-corrected chi connectivity index (χ1v) is 3.68. The first kappa shape index (κ1) is 11.6. The van der Waals surface area contributed by atoms with E-state index < -0.39 is 18.1 Å². The van der Waals surface area contributed by atoms with Crippen molar-refractivity contribution in [2.45, 2.75) is 12.6 Å². The molecule has 5 heteroatoms. The smallest absolute Gasteiger partial charge is 0.311 e. The summed E-state index contributed by atoms with van der Waals surface area (Å²) in [6.07, 6.45) is -0.551. The van der Waals surface area contributed by atoms with Gasteiger partial charge in [-0.15, -0.1) is 12.4 Å². The standard InChI is InChI=1S/C7H12FNO2.ClH/c1-11-7(10)5-2-3-9-4-6(5)8;/h5-6,9H,2-4H2,1H3;1H/t5-,6-;/m1./s1. The summed E-state index contributed by atoms with van der Waals surface area (Å²) >= 11 is 0. The Morgan fingerprint density at radius 1 is 1.67 bits per heavy atom. The Bertz CT molecular complexity index is 156. The van der Waals surface area contributed by atoms with Crippen LogP contribution in [0.2, 0.25) is 0 Å². The summed E-state index contributed by atoms with van der Waals surface area (Å²) in [5.41, 5.74) is 0. The highest BCUT2D eigenvalue weighted by Crippen LogP contribution is 2.16. The van der Waals surface area contributed by atoms with Crippen LogP contribution in [0.5, 0.6) is 0 Å². The first-order valence-electron chi connectivity index (χ1n) is 3.68. The van der Waals surface area contributed by atoms with Gasteiger partial charge in [0.1, 0.15) is 6.17 Å². The summed E-state index contributed by atoms with van der Waals surface area (Å²) in [6, 6.07) is 0. The van der Waals surface area contributed by atoms with Crippen LogP contribution in [0.4, 0.5) is 4.39 Å². The van der Waals surface area contributed by atoms with Crippen LogP contribution >= 0.6 is 12.4 Å². The number of hydrogen-bond donors (Lipinski definition) is 1. The molecule has 1 N–H and O–H groups in total. The Kier molecular flexibility index (Phi) is 5.17. The Balaban J connectivity index is 0.00000121. The van der Waals surface area contributed by atoms with Crippen molar-refractivity contribution in [1.29, 1.82) is 0 Å². The molecule has 72 valence electrons. The van der Waals surface area contributed by atoms with Crippen LogP contribution in [0.1, 0.15) is 6.42 Å². The topological polar surface area (TPSA) is 38.3 Å². The van der Waals surface area contributed by atoms with Crippen molar-refractivity contribution >= 4 is 18.4 Å². The number of carbonyl (C=O) groups is 1. The van der Waals surface area contributed by atoms with Gasteiger partial charge in [-0.2, -0.15) is 0 Å². The van der Waals surface area contributed by atoms with E-state index in [9.17, 15) is 9.18 Å². The van der Waals surface area contributed by atoms with Gasteiger partial charge >= 0.3 is 5.97 Å². The molecule has 0 bridgehead atoms. The molecule has 12 heavy (non-hydrogen) atoms. The molecule has 0 unspecified atom stereocenters. The van der Waals surface area contributed by atoms with E-state index in [0.717, 1.165) is 0 Å². The largest absolute Gasteiger partial charge is 0.469 e. The van der Waals surface area contributed by atoms with Gasteiger partial charge in [0, 0.05) is 6.54 Å². The fourth-order valence-corrected chi connectivity index (χ4v) is 1.24. The molecule has 1 heterocycles. The minimum Gasteiger partial charge on any atom is -0.469 e. The Morgan fingerprint density at radius 2 is 2.33 bits per heavy atom. The van der Waals surface area contributed by atoms with E-state index in [1.807, 2.05) is 0 Å². The monoisotopic (exact) mass is 197 g/mol. The van der Waals surface area contributed by atoms with Crippen LogP contribution in [-0.4, -0.2) is 32.3 Å². The first-order chi connectivity index (χ1) is 5.25. The number of nitrogens with one attached hydrogen (secondary N) is 1. The quantitative estimate of drug-likeness (QED) is 0.624. The molecule has 1 aliphatic rings. The predicted molar refractivity (Wildman–Crippen MR) is 45.1 cm³/mol. The fourth-order valence-electron chi connectivity index (χ4n) is 1.24. The van der Waals surface area contributed by atoms with Gasteiger partial charge in [0.2, 0.25) is 0 Å². The molecule has 1 rings (SSSR count). The van der Waals surface area contributed by atoms with Gasteiger partial charge in [-0.3, -0.25) is 4.79 Å². The van der Waals surface area contributed by atoms with Crippen LogP contribution in [0.25, 0.3) is 0 Å². The van der Waals surface area contributed by atoms with E-state index in [-0.39, 0.29) is 19.0 Å². The van der Waals surface area contributed by atoms with E-state index in [0.29, 0.717) is 13.0 Å². The van der Waals surface area contributed by atoms with E-state index in [1.54, 1.807) is 0 Å². The lowest BCUT2D eigenvalue weighted by molar-refractivity contribution is -0.148. The third kappa shape index (κ3) is 2.60. The molecule has 0 aromatic rings. The summed E-state index contributed by atoms with van der Waals surface area (Å²) in [5.74, 6) is -0.986. The van der Waals surface area contributed by atoms with Crippen molar-refractivity contribution in [3.8, 4) is 0 Å². The maximum Gasteiger partial charge on any atom is 0.311 e. The number of piperidine rings is 1. The number of halogens is 2. The number of ether oxygens (including phenoxy) is 1. The third-order valence-electron chi connectivity index (χ3n) is 1.91. The second-order valence-corrected chi connectivity index (χ2v) is 2.64. The van der Waals surface area contributed by atoms with Crippen molar-refractivity contribution in [2.75, 3.05) is 20.2 Å². The number of carbonyl (C=O) groups excluding carboxylic acids is 1. The number of hydrogen-bond acceptors (Lipinski definition) is 3. The highest BCUT2D eigenvalue weighted by molar-refractivity contribution is 5.85. The summed E-state index contributed by atoms with van der Waals surface area (Å²) in [6.45, 7) is 0.958. The van der Waals surface area contributed by atoms with E-state index in [4.69, 9.17) is 0 Å². The average molecular weight is 198 g/mol. The lowest BCUT2D eigenvalue weighted by Crippen LogP contribution is -2.42. The lowest BCUT2D eigenvalue weighted by Gasteiger charge is -2.24. The highest BCUT2D eigenvalue weighted by atomic mass is 35.5. The molecule has 0 aromatic carbocycles. The van der Waals surface area contributed by atoms with Gasteiger partial charge in [0.05, 0.1) is 13.0 Å². The highest BCUT2D eigenvalue weighted by Gasteiger charge is 2.31. The third-order valence-corrected chi connectivity index (χ3v) is 1.91. The molecule has 0 saturated carbocycles. The van der Waals surface area contributed by atoms with Crippen molar-refractivity contribution in [2.24, 2.45) is 5.92 Å². The van der Waals surface area contributed by atoms with Crippen LogP contribution in [0.3, 0.4) is 0 Å². The van der Waals surface area contributed by atoms with Gasteiger partial charge in [-0.05, 0) is 13.0 Å². The zero-order valence-corrected chi connectivity index (χ0v) is 7.70. The summed E-state index contributed by atoms with van der Waals surface area (Å²) in [5, 5.41) is 2.86. The minimum atomic E-state index is -1.09.